The van der Waals surface area contributed by atoms with Gasteiger partial charge in [-0.15, -0.1) is 10.1 Å². The van der Waals surface area contributed by atoms with Crippen LogP contribution in [0.25, 0.3) is 0 Å². The van der Waals surface area contributed by atoms with Gasteiger partial charge in [-0.25, -0.2) is 0 Å². The lowest BCUT2D eigenvalue weighted by atomic mass is 9.33. The van der Waals surface area contributed by atoms with Gasteiger partial charge in [0.1, 0.15) is 6.10 Å². The Morgan fingerprint density at radius 2 is 1.44 bits per heavy atom. The predicted octanol–water partition coefficient (Wildman–Crippen LogP) is 4.86. The smallest absolute Gasteiger partial charge is 0.294 e. The highest BCUT2D eigenvalue weighted by molar-refractivity contribution is 5.18. The first-order valence-corrected chi connectivity index (χ1v) is 10.3. The number of nitrogens with zero attached hydrogens (tertiary/aromatic N) is 1. The van der Waals surface area contributed by atoms with Gasteiger partial charge in [-0.2, -0.15) is 0 Å². The number of nitrogens with two attached hydrogens (primary N) is 1. The molecule has 4 aliphatic carbocycles. The van der Waals surface area contributed by atoms with Crippen molar-refractivity contribution in [2.24, 2.45) is 27.4 Å². The van der Waals surface area contributed by atoms with Crippen molar-refractivity contribution in [3.63, 3.8) is 0 Å². The van der Waals surface area contributed by atoms with Crippen LogP contribution in [-0.4, -0.2) is 17.7 Å². The molecule has 0 amide bonds. The second-order valence-electron chi connectivity index (χ2n) is 9.85. The molecule has 0 spiro atoms. The van der Waals surface area contributed by atoms with Gasteiger partial charge in [-0.1, -0.05) is 33.6 Å². The second-order valence-corrected chi connectivity index (χ2v) is 9.85. The Kier molecular flexibility index (Phi) is 4.85. The van der Waals surface area contributed by atoms with Crippen LogP contribution in [0.3, 0.4) is 0 Å². The number of hydrogen-bond donors (Lipinski definition) is 1. The average molecular weight is 353 g/mol. The Hall–Kier alpha value is -0.840. The first kappa shape index (κ1) is 18.9. The first-order valence-electron chi connectivity index (χ1n) is 10.3. The number of hydrogen-bond acceptors (Lipinski definition) is 4. The van der Waals surface area contributed by atoms with Crippen molar-refractivity contribution in [2.75, 3.05) is 6.54 Å². The molecule has 0 radical (unpaired) electrons. The zero-order valence-electron chi connectivity index (χ0n) is 16.3. The maximum Gasteiger partial charge on any atom is 0.294 e. The van der Waals surface area contributed by atoms with Gasteiger partial charge in [0.2, 0.25) is 0 Å². The third-order valence-corrected chi connectivity index (χ3v) is 7.69. The quantitative estimate of drug-likeness (QED) is 0.475. The molecule has 4 saturated carbocycles. The Bertz CT molecular complexity index is 499. The maximum atomic E-state index is 11.2. The maximum absolute atomic E-state index is 11.2. The minimum atomic E-state index is -0.555. The summed E-state index contributed by atoms with van der Waals surface area (Å²) in [5, 5.41) is 10.6. The molecule has 0 heterocycles. The van der Waals surface area contributed by atoms with E-state index in [-0.39, 0.29) is 16.9 Å². The molecular weight excluding hydrogens is 316 g/mol. The summed E-state index contributed by atoms with van der Waals surface area (Å²) < 4.78 is 0. The Morgan fingerprint density at radius 3 is 1.84 bits per heavy atom. The molecule has 3 atom stereocenters. The predicted molar refractivity (Wildman–Crippen MR) is 98.5 cm³/mol. The lowest BCUT2D eigenvalue weighted by molar-refractivity contribution is -0.774. The Labute approximate surface area is 152 Å². The highest BCUT2D eigenvalue weighted by atomic mass is 17.0. The summed E-state index contributed by atoms with van der Waals surface area (Å²) in [5.74, 6) is 0. The van der Waals surface area contributed by atoms with Crippen molar-refractivity contribution in [3.05, 3.63) is 10.1 Å². The van der Waals surface area contributed by atoms with Gasteiger partial charge in [-0.05, 0) is 86.0 Å². The molecule has 3 unspecified atom stereocenters. The van der Waals surface area contributed by atoms with Gasteiger partial charge in [0.25, 0.3) is 5.09 Å². The normalized spacial score (nSPS) is 43.2. The molecule has 0 saturated heterocycles. The summed E-state index contributed by atoms with van der Waals surface area (Å²) in [6.07, 6.45) is 12.3. The summed E-state index contributed by atoms with van der Waals surface area (Å²) in [6, 6.07) is 0. The average Bonchev–Trinajstić information content (AvgIpc) is 2.51. The zero-order chi connectivity index (χ0) is 18.3. The third kappa shape index (κ3) is 3.07. The van der Waals surface area contributed by atoms with Crippen molar-refractivity contribution in [1.29, 1.82) is 0 Å². The van der Waals surface area contributed by atoms with Crippen LogP contribution in [0.1, 0.15) is 91.4 Å². The van der Waals surface area contributed by atoms with Crippen LogP contribution in [0, 0.1) is 31.8 Å². The summed E-state index contributed by atoms with van der Waals surface area (Å²) in [7, 11) is 0. The summed E-state index contributed by atoms with van der Waals surface area (Å²) in [6.45, 7) is 7.32. The minimum Gasteiger partial charge on any atom is -0.330 e. The standard InChI is InChI=1S/C20H36N2O3/c1-4-7-17-9-18(8-5-2)11-19(10-17,15-21)14-20(12-17,13-18)16(6-3)25-22(23)24/h16H,4-15,21H2,1-3H3. The largest absolute Gasteiger partial charge is 0.330 e. The van der Waals surface area contributed by atoms with Gasteiger partial charge in [0.05, 0.1) is 0 Å². The number of rotatable bonds is 9. The van der Waals surface area contributed by atoms with Gasteiger partial charge in [0.15, 0.2) is 0 Å². The molecule has 4 aliphatic rings. The molecule has 0 aliphatic heterocycles. The van der Waals surface area contributed by atoms with E-state index in [1.54, 1.807) is 0 Å². The molecule has 25 heavy (non-hydrogen) atoms. The topological polar surface area (TPSA) is 78.4 Å². The molecule has 0 aromatic carbocycles. The molecule has 4 fully saturated rings. The van der Waals surface area contributed by atoms with E-state index >= 15 is 0 Å². The van der Waals surface area contributed by atoms with E-state index in [4.69, 9.17) is 10.6 Å². The summed E-state index contributed by atoms with van der Waals surface area (Å²) in [4.78, 5) is 16.5. The van der Waals surface area contributed by atoms with Crippen LogP contribution < -0.4 is 5.73 Å². The van der Waals surface area contributed by atoms with Crippen molar-refractivity contribution < 1.29 is 9.92 Å². The van der Waals surface area contributed by atoms with Crippen molar-refractivity contribution in [2.45, 2.75) is 97.5 Å². The molecule has 2 N–H and O–H groups in total. The van der Waals surface area contributed by atoms with Gasteiger partial charge < -0.3 is 10.6 Å². The van der Waals surface area contributed by atoms with Crippen LogP contribution in [0.5, 0.6) is 0 Å². The lowest BCUT2D eigenvalue weighted by Crippen LogP contribution is -2.65. The van der Waals surface area contributed by atoms with Crippen molar-refractivity contribution in [1.82, 2.24) is 0 Å². The molecule has 0 aromatic heterocycles. The fourth-order valence-corrected chi connectivity index (χ4v) is 8.25. The van der Waals surface area contributed by atoms with E-state index in [2.05, 4.69) is 13.8 Å². The Morgan fingerprint density at radius 1 is 0.960 bits per heavy atom. The molecule has 144 valence electrons. The molecular formula is C20H36N2O3. The van der Waals surface area contributed by atoms with Crippen molar-refractivity contribution >= 4 is 0 Å². The SMILES string of the molecule is CCCC12CC3(CN)CC(CCC)(C1)CC(C(CC)O[N+](=O)[O-])(C3)C2. The van der Waals surface area contributed by atoms with Crippen molar-refractivity contribution in [3.8, 4) is 0 Å². The summed E-state index contributed by atoms with van der Waals surface area (Å²) >= 11 is 0. The van der Waals surface area contributed by atoms with E-state index in [1.807, 2.05) is 6.92 Å². The molecule has 4 rings (SSSR count). The van der Waals surface area contributed by atoms with E-state index < -0.39 is 5.09 Å². The van der Waals surface area contributed by atoms with Crippen LogP contribution >= 0.6 is 0 Å². The van der Waals surface area contributed by atoms with E-state index in [1.165, 1.54) is 44.9 Å². The van der Waals surface area contributed by atoms with E-state index in [0.717, 1.165) is 25.8 Å². The van der Waals surface area contributed by atoms with Crippen LogP contribution in [0.4, 0.5) is 0 Å². The minimum absolute atomic E-state index is 0.0553. The van der Waals surface area contributed by atoms with Crippen LogP contribution in [0.15, 0.2) is 0 Å². The van der Waals surface area contributed by atoms with Crippen LogP contribution in [-0.2, 0) is 4.84 Å². The molecule has 4 bridgehead atoms. The highest BCUT2D eigenvalue weighted by Gasteiger charge is 2.68. The molecule has 5 nitrogen and oxygen atoms in total. The Balaban J connectivity index is 2.05. The fraction of sp³-hybridized carbons (Fsp3) is 1.00. The molecule has 5 heteroatoms. The summed E-state index contributed by atoms with van der Waals surface area (Å²) in [5.41, 5.74) is 7.13. The fourth-order valence-electron chi connectivity index (χ4n) is 8.25. The highest BCUT2D eigenvalue weighted by Crippen LogP contribution is 2.76. The monoisotopic (exact) mass is 352 g/mol. The van der Waals surface area contributed by atoms with Gasteiger partial charge in [0, 0.05) is 0 Å². The van der Waals surface area contributed by atoms with Gasteiger partial charge >= 0.3 is 0 Å². The van der Waals surface area contributed by atoms with E-state index in [9.17, 15) is 10.1 Å². The lowest BCUT2D eigenvalue weighted by Gasteiger charge is -2.72. The third-order valence-electron chi connectivity index (χ3n) is 7.69. The molecule has 0 aromatic rings. The van der Waals surface area contributed by atoms with Gasteiger partial charge in [-0.3, -0.25) is 0 Å². The van der Waals surface area contributed by atoms with E-state index in [0.29, 0.717) is 17.3 Å². The van der Waals surface area contributed by atoms with Crippen LogP contribution in [0.2, 0.25) is 0 Å². The zero-order valence-corrected chi connectivity index (χ0v) is 16.3. The first-order chi connectivity index (χ1) is 11.8. The second kappa shape index (κ2) is 6.40.